The maximum Gasteiger partial charge on any atom is 0.361 e. The van der Waals surface area contributed by atoms with Crippen LogP contribution in [0.2, 0.25) is 5.15 Å². The third kappa shape index (κ3) is 3.60. The Balaban J connectivity index is 1.79. The van der Waals surface area contributed by atoms with E-state index in [-0.39, 0.29) is 5.69 Å². The van der Waals surface area contributed by atoms with Crippen molar-refractivity contribution >= 4 is 17.6 Å². The average Bonchev–Trinajstić information content (AvgIpc) is 3.08. The van der Waals surface area contributed by atoms with Gasteiger partial charge in [-0.1, -0.05) is 41.9 Å². The van der Waals surface area contributed by atoms with Crippen molar-refractivity contribution in [3.8, 4) is 11.3 Å². The van der Waals surface area contributed by atoms with Crippen molar-refractivity contribution in [3.05, 3.63) is 64.6 Å². The lowest BCUT2D eigenvalue weighted by Gasteiger charge is -2.04. The molecule has 0 spiro atoms. The molecule has 0 aliphatic carbocycles. The van der Waals surface area contributed by atoms with Crippen LogP contribution in [0.5, 0.6) is 0 Å². The highest BCUT2D eigenvalue weighted by Gasteiger charge is 2.18. The van der Waals surface area contributed by atoms with Crippen molar-refractivity contribution < 1.29 is 9.53 Å². The molecule has 2 aromatic heterocycles. The monoisotopic (exact) mass is 342 g/mol. The van der Waals surface area contributed by atoms with Gasteiger partial charge in [0.2, 0.25) is 0 Å². The standard InChI is InChI=1S/C17H15ClN4O2/c1-2-24-17(23)16-15(20-22-21-16)13-6-3-11(4-7-13)9-12-5-8-14(18)19-10-12/h3-8,10H,2,9H2,1H3,(H,20,21,22). The molecule has 2 heterocycles. The van der Waals surface area contributed by atoms with Crippen LogP contribution in [0.25, 0.3) is 11.3 Å². The van der Waals surface area contributed by atoms with Crippen LogP contribution in [0.1, 0.15) is 28.5 Å². The number of esters is 1. The minimum absolute atomic E-state index is 0.187. The molecule has 6 nitrogen and oxygen atoms in total. The van der Waals surface area contributed by atoms with Gasteiger partial charge in [-0.3, -0.25) is 0 Å². The molecule has 7 heteroatoms. The predicted molar refractivity (Wildman–Crippen MR) is 89.8 cm³/mol. The zero-order valence-corrected chi connectivity index (χ0v) is 13.7. The second kappa shape index (κ2) is 7.23. The van der Waals surface area contributed by atoms with Crippen LogP contribution in [-0.4, -0.2) is 33.0 Å². The highest BCUT2D eigenvalue weighted by atomic mass is 35.5. The van der Waals surface area contributed by atoms with Crippen LogP contribution in [0.3, 0.4) is 0 Å². The largest absolute Gasteiger partial charge is 0.461 e. The molecule has 0 aliphatic rings. The number of carbonyl (C=O) groups is 1. The number of ether oxygens (including phenoxy) is 1. The maximum atomic E-state index is 11.9. The number of H-pyrrole nitrogens is 1. The Bertz CT molecular complexity index is 829. The molecule has 0 saturated carbocycles. The molecule has 0 unspecified atom stereocenters. The number of aromatic amines is 1. The van der Waals surface area contributed by atoms with Gasteiger partial charge in [-0.15, -0.1) is 5.10 Å². The lowest BCUT2D eigenvalue weighted by Crippen LogP contribution is -2.06. The van der Waals surface area contributed by atoms with Gasteiger partial charge in [0.15, 0.2) is 5.69 Å². The van der Waals surface area contributed by atoms with E-state index in [0.717, 1.165) is 23.1 Å². The fraction of sp³-hybridized carbons (Fsp3) is 0.176. The van der Waals surface area contributed by atoms with E-state index in [1.54, 1.807) is 19.2 Å². The molecule has 0 amide bonds. The van der Waals surface area contributed by atoms with Crippen molar-refractivity contribution in [3.63, 3.8) is 0 Å². The third-order valence-electron chi connectivity index (χ3n) is 3.44. The van der Waals surface area contributed by atoms with Crippen LogP contribution < -0.4 is 0 Å². The molecule has 24 heavy (non-hydrogen) atoms. The van der Waals surface area contributed by atoms with E-state index in [2.05, 4.69) is 20.4 Å². The first kappa shape index (κ1) is 16.1. The fourth-order valence-electron chi connectivity index (χ4n) is 2.30. The first-order chi connectivity index (χ1) is 11.7. The molecule has 0 fully saturated rings. The molecule has 0 bridgehead atoms. The Morgan fingerprint density at radius 3 is 2.54 bits per heavy atom. The van der Waals surface area contributed by atoms with E-state index in [0.29, 0.717) is 17.5 Å². The van der Waals surface area contributed by atoms with Crippen LogP contribution in [-0.2, 0) is 11.2 Å². The molecular weight excluding hydrogens is 328 g/mol. The lowest BCUT2D eigenvalue weighted by molar-refractivity contribution is 0.0520. The van der Waals surface area contributed by atoms with Crippen molar-refractivity contribution in [2.45, 2.75) is 13.3 Å². The summed E-state index contributed by atoms with van der Waals surface area (Å²) in [5, 5.41) is 10.9. The molecule has 3 aromatic rings. The second-order valence-electron chi connectivity index (χ2n) is 5.10. The molecule has 3 rings (SSSR count). The normalized spacial score (nSPS) is 10.6. The van der Waals surface area contributed by atoms with E-state index in [4.69, 9.17) is 16.3 Å². The highest BCUT2D eigenvalue weighted by Crippen LogP contribution is 2.22. The molecule has 0 aliphatic heterocycles. The number of nitrogens with one attached hydrogen (secondary N) is 1. The number of rotatable bonds is 5. The third-order valence-corrected chi connectivity index (χ3v) is 3.66. The van der Waals surface area contributed by atoms with Crippen molar-refractivity contribution in [1.82, 2.24) is 20.4 Å². The van der Waals surface area contributed by atoms with E-state index in [1.807, 2.05) is 30.3 Å². The molecule has 0 saturated heterocycles. The Labute approximate surface area is 143 Å². The molecule has 1 aromatic carbocycles. The first-order valence-electron chi connectivity index (χ1n) is 7.45. The molecule has 1 N–H and O–H groups in total. The summed E-state index contributed by atoms with van der Waals surface area (Å²) in [7, 11) is 0. The smallest absolute Gasteiger partial charge is 0.361 e. The van der Waals surface area contributed by atoms with Crippen LogP contribution in [0.15, 0.2) is 42.6 Å². The van der Waals surface area contributed by atoms with Gasteiger partial charge in [-0.25, -0.2) is 9.78 Å². The van der Waals surface area contributed by atoms with Crippen LogP contribution in [0.4, 0.5) is 0 Å². The van der Waals surface area contributed by atoms with Gasteiger partial charge < -0.3 is 4.74 Å². The second-order valence-corrected chi connectivity index (χ2v) is 5.49. The van der Waals surface area contributed by atoms with E-state index >= 15 is 0 Å². The first-order valence-corrected chi connectivity index (χ1v) is 7.83. The fourth-order valence-corrected chi connectivity index (χ4v) is 2.41. The molecule has 122 valence electrons. The van der Waals surface area contributed by atoms with Crippen molar-refractivity contribution in [2.24, 2.45) is 0 Å². The molecular formula is C17H15ClN4O2. The number of nitrogens with zero attached hydrogens (tertiary/aromatic N) is 3. The Morgan fingerprint density at radius 2 is 1.88 bits per heavy atom. The zero-order valence-electron chi connectivity index (χ0n) is 13.0. The lowest BCUT2D eigenvalue weighted by atomic mass is 10.0. The van der Waals surface area contributed by atoms with Gasteiger partial charge >= 0.3 is 5.97 Å². The SMILES string of the molecule is CCOC(=O)c1n[nH]nc1-c1ccc(Cc2ccc(Cl)nc2)cc1. The summed E-state index contributed by atoms with van der Waals surface area (Å²) >= 11 is 5.79. The van der Waals surface area contributed by atoms with E-state index in [1.165, 1.54) is 0 Å². The van der Waals surface area contributed by atoms with Crippen LogP contribution in [0, 0.1) is 0 Å². The van der Waals surface area contributed by atoms with Gasteiger partial charge in [-0.05, 0) is 30.5 Å². The van der Waals surface area contributed by atoms with Crippen LogP contribution >= 0.6 is 11.6 Å². The van der Waals surface area contributed by atoms with Gasteiger partial charge in [0.1, 0.15) is 10.8 Å². The average molecular weight is 343 g/mol. The van der Waals surface area contributed by atoms with Gasteiger partial charge in [0.05, 0.1) is 6.61 Å². The predicted octanol–water partition coefficient (Wildman–Crippen LogP) is 3.29. The quantitative estimate of drug-likeness (QED) is 0.568. The molecule has 0 radical (unpaired) electrons. The van der Waals surface area contributed by atoms with Gasteiger partial charge in [0, 0.05) is 11.8 Å². The zero-order chi connectivity index (χ0) is 16.9. The highest BCUT2D eigenvalue weighted by molar-refractivity contribution is 6.29. The molecule has 0 atom stereocenters. The summed E-state index contributed by atoms with van der Waals surface area (Å²) < 4.78 is 4.98. The number of pyridine rings is 1. The Hall–Kier alpha value is -2.73. The minimum Gasteiger partial charge on any atom is -0.461 e. The topological polar surface area (TPSA) is 80.8 Å². The summed E-state index contributed by atoms with van der Waals surface area (Å²) in [4.78, 5) is 15.9. The summed E-state index contributed by atoms with van der Waals surface area (Å²) in [6.45, 7) is 2.04. The number of aromatic nitrogens is 4. The number of hydrogen-bond donors (Lipinski definition) is 1. The summed E-state index contributed by atoms with van der Waals surface area (Å²) in [5.74, 6) is -0.488. The Kier molecular flexibility index (Phi) is 4.86. The van der Waals surface area contributed by atoms with Crippen molar-refractivity contribution in [2.75, 3.05) is 6.61 Å². The van der Waals surface area contributed by atoms with Gasteiger partial charge in [-0.2, -0.15) is 10.3 Å². The summed E-state index contributed by atoms with van der Waals surface area (Å²) in [6, 6.07) is 11.5. The van der Waals surface area contributed by atoms with E-state index in [9.17, 15) is 4.79 Å². The maximum absolute atomic E-state index is 11.9. The summed E-state index contributed by atoms with van der Waals surface area (Å²) in [5.41, 5.74) is 3.65. The van der Waals surface area contributed by atoms with E-state index < -0.39 is 5.97 Å². The van der Waals surface area contributed by atoms with Crippen molar-refractivity contribution in [1.29, 1.82) is 0 Å². The number of carbonyl (C=O) groups excluding carboxylic acids is 1. The number of hydrogen-bond acceptors (Lipinski definition) is 5. The van der Waals surface area contributed by atoms with Gasteiger partial charge in [0.25, 0.3) is 0 Å². The minimum atomic E-state index is -0.488. The summed E-state index contributed by atoms with van der Waals surface area (Å²) in [6.07, 6.45) is 2.50. The number of halogens is 1. The Morgan fingerprint density at radius 1 is 1.12 bits per heavy atom. The number of benzene rings is 1.